The van der Waals surface area contributed by atoms with Crippen molar-refractivity contribution < 1.29 is 9.18 Å². The molecule has 0 aliphatic heterocycles. The molecule has 3 aromatic rings. The van der Waals surface area contributed by atoms with Crippen LogP contribution in [0.1, 0.15) is 38.5 Å². The fourth-order valence-corrected chi connectivity index (χ4v) is 4.57. The van der Waals surface area contributed by atoms with Crippen molar-refractivity contribution in [3.05, 3.63) is 66.0 Å². The molecule has 1 amide bonds. The van der Waals surface area contributed by atoms with Crippen molar-refractivity contribution in [3.8, 4) is 11.4 Å². The summed E-state index contributed by atoms with van der Waals surface area (Å²) >= 11 is 1.37. The second-order valence-electron chi connectivity index (χ2n) is 7.71. The van der Waals surface area contributed by atoms with Crippen LogP contribution in [-0.2, 0) is 11.3 Å². The van der Waals surface area contributed by atoms with E-state index < -0.39 is 5.25 Å². The number of nitrogens with zero attached hydrogens (tertiary/aromatic N) is 4. The average Bonchev–Trinajstić information content (AvgIpc) is 3.15. The van der Waals surface area contributed by atoms with E-state index in [1.54, 1.807) is 18.2 Å². The molecule has 0 saturated heterocycles. The van der Waals surface area contributed by atoms with Crippen molar-refractivity contribution in [1.82, 2.24) is 19.7 Å². The first-order chi connectivity index (χ1) is 15.0. The first-order valence-electron chi connectivity index (χ1n) is 10.6. The number of carbonyl (C=O) groups is 1. The number of aromatic nitrogens is 3. The minimum absolute atomic E-state index is 0.0349. The number of thioether (sulfide) groups is 1. The van der Waals surface area contributed by atoms with Crippen molar-refractivity contribution in [3.63, 3.8) is 0 Å². The minimum Gasteiger partial charge on any atom is -0.342 e. The van der Waals surface area contributed by atoms with Gasteiger partial charge in [-0.05, 0) is 37.5 Å². The number of amides is 1. The van der Waals surface area contributed by atoms with Crippen molar-refractivity contribution >= 4 is 17.7 Å². The molecule has 0 spiro atoms. The largest absolute Gasteiger partial charge is 0.342 e. The van der Waals surface area contributed by atoms with Crippen molar-refractivity contribution in [2.75, 3.05) is 13.1 Å². The van der Waals surface area contributed by atoms with Gasteiger partial charge in [-0.2, -0.15) is 0 Å². The highest BCUT2D eigenvalue weighted by Crippen LogP contribution is 2.38. The average molecular weight is 441 g/mol. The van der Waals surface area contributed by atoms with E-state index in [-0.39, 0.29) is 11.7 Å². The van der Waals surface area contributed by atoms with Gasteiger partial charge in [-0.3, -0.25) is 4.79 Å². The van der Waals surface area contributed by atoms with Gasteiger partial charge in [0.15, 0.2) is 11.0 Å². The van der Waals surface area contributed by atoms with Crippen LogP contribution in [0.25, 0.3) is 11.4 Å². The summed E-state index contributed by atoms with van der Waals surface area (Å²) in [4.78, 5) is 15.2. The highest BCUT2D eigenvalue weighted by Gasteiger charge is 2.29. The summed E-state index contributed by atoms with van der Waals surface area (Å²) in [6, 6.07) is 16.3. The molecular weight excluding hydrogens is 411 g/mol. The molecule has 1 aromatic heterocycles. The number of halogens is 1. The van der Waals surface area contributed by atoms with E-state index in [9.17, 15) is 9.18 Å². The highest BCUT2D eigenvalue weighted by molar-refractivity contribution is 8.00. The Balaban J connectivity index is 2.05. The molecule has 3 rings (SSSR count). The zero-order valence-electron chi connectivity index (χ0n) is 18.5. The van der Waals surface area contributed by atoms with Gasteiger partial charge in [0.2, 0.25) is 5.91 Å². The predicted octanol–water partition coefficient (Wildman–Crippen LogP) is 5.44. The smallest absolute Gasteiger partial charge is 0.240 e. The fraction of sp³-hybridized carbons (Fsp3) is 0.375. The lowest BCUT2D eigenvalue weighted by molar-refractivity contribution is -0.130. The summed E-state index contributed by atoms with van der Waals surface area (Å²) in [5, 5.41) is 8.86. The van der Waals surface area contributed by atoms with E-state index in [2.05, 4.69) is 24.0 Å². The number of hydrogen-bond acceptors (Lipinski definition) is 4. The number of hydrogen-bond donors (Lipinski definition) is 0. The van der Waals surface area contributed by atoms with E-state index in [4.69, 9.17) is 0 Å². The maximum absolute atomic E-state index is 14.5. The van der Waals surface area contributed by atoms with Gasteiger partial charge in [0.05, 0.1) is 5.56 Å². The lowest BCUT2D eigenvalue weighted by Crippen LogP contribution is -2.34. The molecule has 0 saturated carbocycles. The van der Waals surface area contributed by atoms with Crippen molar-refractivity contribution in [2.24, 2.45) is 5.92 Å². The molecule has 1 unspecified atom stereocenters. The molecule has 5 nitrogen and oxygen atoms in total. The van der Waals surface area contributed by atoms with Crippen LogP contribution in [0, 0.1) is 11.7 Å². The van der Waals surface area contributed by atoms with Crippen molar-refractivity contribution in [1.29, 1.82) is 0 Å². The van der Waals surface area contributed by atoms with E-state index >= 15 is 0 Å². The molecule has 0 aliphatic carbocycles. The van der Waals surface area contributed by atoms with Crippen LogP contribution < -0.4 is 0 Å². The van der Waals surface area contributed by atoms with E-state index in [0.717, 1.165) is 5.56 Å². The van der Waals surface area contributed by atoms with Crippen LogP contribution in [0.5, 0.6) is 0 Å². The lowest BCUT2D eigenvalue weighted by atomic mass is 10.1. The molecule has 7 heteroatoms. The zero-order chi connectivity index (χ0) is 22.4. The van der Waals surface area contributed by atoms with E-state index in [1.165, 1.54) is 17.8 Å². The topological polar surface area (TPSA) is 51.0 Å². The van der Waals surface area contributed by atoms with Crippen LogP contribution >= 0.6 is 11.8 Å². The molecule has 0 N–H and O–H groups in total. The zero-order valence-corrected chi connectivity index (χ0v) is 19.3. The Morgan fingerprint density at radius 1 is 1.03 bits per heavy atom. The van der Waals surface area contributed by atoms with E-state index in [1.807, 2.05) is 53.6 Å². The Morgan fingerprint density at radius 3 is 2.29 bits per heavy atom. The monoisotopic (exact) mass is 440 g/mol. The molecule has 0 radical (unpaired) electrons. The molecule has 0 bridgehead atoms. The van der Waals surface area contributed by atoms with Gasteiger partial charge in [0.1, 0.15) is 11.1 Å². The molecule has 2 aromatic carbocycles. The minimum atomic E-state index is -0.454. The third-order valence-corrected chi connectivity index (χ3v) is 6.23. The van der Waals surface area contributed by atoms with Gasteiger partial charge < -0.3 is 9.47 Å². The van der Waals surface area contributed by atoms with Crippen molar-refractivity contribution in [2.45, 2.75) is 44.6 Å². The normalized spacial score (nSPS) is 12.2. The Kier molecular flexibility index (Phi) is 7.85. The maximum atomic E-state index is 14.5. The Labute approximate surface area is 187 Å². The van der Waals surface area contributed by atoms with E-state index in [0.29, 0.717) is 42.1 Å². The fourth-order valence-electron chi connectivity index (χ4n) is 3.44. The van der Waals surface area contributed by atoms with Gasteiger partial charge >= 0.3 is 0 Å². The predicted molar refractivity (Wildman–Crippen MR) is 123 cm³/mol. The summed E-state index contributed by atoms with van der Waals surface area (Å²) in [5.41, 5.74) is 1.32. The van der Waals surface area contributed by atoms with Gasteiger partial charge in [-0.1, -0.05) is 68.1 Å². The quantitative estimate of drug-likeness (QED) is 0.416. The van der Waals surface area contributed by atoms with Crippen LogP contribution in [0.15, 0.2) is 59.8 Å². The second kappa shape index (κ2) is 10.6. The summed E-state index contributed by atoms with van der Waals surface area (Å²) < 4.78 is 16.4. The number of carbonyl (C=O) groups excluding carboxylic acids is 1. The third-order valence-electron chi connectivity index (χ3n) is 5.00. The van der Waals surface area contributed by atoms with Gasteiger partial charge in [-0.15, -0.1) is 10.2 Å². The lowest BCUT2D eigenvalue weighted by Gasteiger charge is -2.25. The standard InChI is InChI=1S/C24H29FN4OS/c1-5-28(6-2)23(30)21(18-12-8-7-9-13-18)31-24-27-26-22(29(24)16-17(3)4)19-14-10-11-15-20(19)25/h7-15,17,21H,5-6,16H2,1-4H3. The third kappa shape index (κ3) is 5.34. The summed E-state index contributed by atoms with van der Waals surface area (Å²) in [7, 11) is 0. The summed E-state index contributed by atoms with van der Waals surface area (Å²) in [6.07, 6.45) is 0. The second-order valence-corrected chi connectivity index (χ2v) is 8.78. The molecular formula is C24H29FN4OS. The molecule has 0 aliphatic rings. The first-order valence-corrected chi connectivity index (χ1v) is 11.5. The maximum Gasteiger partial charge on any atom is 0.240 e. The molecule has 1 atom stereocenters. The summed E-state index contributed by atoms with van der Waals surface area (Å²) in [6.45, 7) is 10.0. The number of benzene rings is 2. The van der Waals surface area contributed by atoms with Gasteiger partial charge in [0.25, 0.3) is 0 Å². The first kappa shape index (κ1) is 23.0. The Bertz CT molecular complexity index is 1000. The SMILES string of the molecule is CCN(CC)C(=O)C(Sc1nnc(-c2ccccc2F)n1CC(C)C)c1ccccc1. The van der Waals surface area contributed by atoms with Gasteiger partial charge in [-0.25, -0.2) is 4.39 Å². The molecule has 31 heavy (non-hydrogen) atoms. The summed E-state index contributed by atoms with van der Waals surface area (Å²) in [5.74, 6) is 0.481. The highest BCUT2D eigenvalue weighted by atomic mass is 32.2. The van der Waals surface area contributed by atoms with Gasteiger partial charge in [0, 0.05) is 19.6 Å². The van der Waals surface area contributed by atoms with Crippen LogP contribution in [0.4, 0.5) is 4.39 Å². The number of rotatable bonds is 9. The molecule has 0 fully saturated rings. The van der Waals surface area contributed by atoms with Crippen LogP contribution in [0.2, 0.25) is 0 Å². The molecule has 1 heterocycles. The molecule has 164 valence electrons. The van der Waals surface area contributed by atoms with Crippen LogP contribution in [0.3, 0.4) is 0 Å². The Morgan fingerprint density at radius 2 is 1.68 bits per heavy atom. The Hall–Kier alpha value is -2.67. The number of likely N-dealkylation sites (N-methyl/N-ethyl adjacent to an activating group) is 1. The van der Waals surface area contributed by atoms with Crippen LogP contribution in [-0.4, -0.2) is 38.7 Å².